The number of aromatic nitrogens is 1. The van der Waals surface area contributed by atoms with Gasteiger partial charge in [0.2, 0.25) is 0 Å². The van der Waals surface area contributed by atoms with Gasteiger partial charge in [0.05, 0.1) is 5.56 Å². The highest BCUT2D eigenvalue weighted by Gasteiger charge is 2.31. The van der Waals surface area contributed by atoms with Gasteiger partial charge in [-0.05, 0) is 30.9 Å². The average molecular weight is 290 g/mol. The highest BCUT2D eigenvalue weighted by atomic mass is 19.4. The lowest BCUT2D eigenvalue weighted by Gasteiger charge is -2.13. The van der Waals surface area contributed by atoms with E-state index in [0.29, 0.717) is 19.1 Å². The third-order valence-corrected chi connectivity index (χ3v) is 3.18. The van der Waals surface area contributed by atoms with Crippen molar-refractivity contribution in [2.24, 2.45) is 11.8 Å². The zero-order chi connectivity index (χ0) is 14.6. The van der Waals surface area contributed by atoms with Gasteiger partial charge in [-0.3, -0.25) is 0 Å². The first-order chi connectivity index (χ1) is 9.49. The molecule has 4 N–H and O–H groups in total. The molecule has 20 heavy (non-hydrogen) atoms. The average Bonchev–Trinajstić information content (AvgIpc) is 2.90. The Balaban J connectivity index is 1.98. The lowest BCUT2D eigenvalue weighted by atomic mass is 10.1. The SMILES string of the molecule is NNc1cc(C(F)(F)F)cc(NCCC2CCOC2)n1. The van der Waals surface area contributed by atoms with Gasteiger partial charge in [-0.25, -0.2) is 10.8 Å². The van der Waals surface area contributed by atoms with Gasteiger partial charge in [-0.15, -0.1) is 0 Å². The molecular weight excluding hydrogens is 273 g/mol. The molecule has 1 aliphatic rings. The summed E-state index contributed by atoms with van der Waals surface area (Å²) in [6.07, 6.45) is -2.60. The molecule has 0 bridgehead atoms. The number of anilines is 2. The molecule has 0 amide bonds. The van der Waals surface area contributed by atoms with Crippen LogP contribution in [-0.2, 0) is 10.9 Å². The van der Waals surface area contributed by atoms with Gasteiger partial charge in [0.25, 0.3) is 0 Å². The summed E-state index contributed by atoms with van der Waals surface area (Å²) >= 11 is 0. The molecule has 1 unspecified atom stereocenters. The first-order valence-corrected chi connectivity index (χ1v) is 6.36. The molecule has 1 saturated heterocycles. The summed E-state index contributed by atoms with van der Waals surface area (Å²) in [6, 6.07) is 1.85. The fourth-order valence-electron chi connectivity index (χ4n) is 2.07. The van der Waals surface area contributed by atoms with Crippen molar-refractivity contribution in [2.75, 3.05) is 30.5 Å². The number of ether oxygens (including phenoxy) is 1. The summed E-state index contributed by atoms with van der Waals surface area (Å²) < 4.78 is 43.4. The summed E-state index contributed by atoms with van der Waals surface area (Å²) in [7, 11) is 0. The molecule has 0 saturated carbocycles. The lowest BCUT2D eigenvalue weighted by molar-refractivity contribution is -0.137. The number of nitrogens with zero attached hydrogens (tertiary/aromatic N) is 1. The molecule has 2 heterocycles. The van der Waals surface area contributed by atoms with E-state index < -0.39 is 11.7 Å². The van der Waals surface area contributed by atoms with Gasteiger partial charge >= 0.3 is 6.18 Å². The largest absolute Gasteiger partial charge is 0.416 e. The van der Waals surface area contributed by atoms with Crippen LogP contribution >= 0.6 is 0 Å². The predicted octanol–water partition coefficient (Wildman–Crippen LogP) is 2.22. The van der Waals surface area contributed by atoms with E-state index in [4.69, 9.17) is 10.6 Å². The van der Waals surface area contributed by atoms with Crippen LogP contribution in [0.1, 0.15) is 18.4 Å². The van der Waals surface area contributed by atoms with E-state index in [1.165, 1.54) is 0 Å². The number of hydrazine groups is 1. The first-order valence-electron chi connectivity index (χ1n) is 6.36. The van der Waals surface area contributed by atoms with Gasteiger partial charge in [0.15, 0.2) is 0 Å². The van der Waals surface area contributed by atoms with E-state index in [1.54, 1.807) is 0 Å². The van der Waals surface area contributed by atoms with E-state index in [-0.39, 0.29) is 11.6 Å². The number of halogens is 3. The van der Waals surface area contributed by atoms with Crippen LogP contribution in [0.3, 0.4) is 0 Å². The van der Waals surface area contributed by atoms with Gasteiger partial charge in [0.1, 0.15) is 11.6 Å². The molecular formula is C12H17F3N4O. The number of nitrogen functional groups attached to an aromatic ring is 1. The van der Waals surface area contributed by atoms with Crippen LogP contribution in [0.15, 0.2) is 12.1 Å². The standard InChI is InChI=1S/C12H17F3N4O/c13-12(14,15)9-5-10(18-11(6-9)19-16)17-3-1-8-2-4-20-7-8/h5-6,8H,1-4,7,16H2,(H2,17,18,19). The number of alkyl halides is 3. The van der Waals surface area contributed by atoms with Crippen LogP contribution in [0.5, 0.6) is 0 Å². The fraction of sp³-hybridized carbons (Fsp3) is 0.583. The van der Waals surface area contributed by atoms with Gasteiger partial charge in [0, 0.05) is 19.8 Å². The van der Waals surface area contributed by atoms with Crippen molar-refractivity contribution in [3.05, 3.63) is 17.7 Å². The fourth-order valence-corrected chi connectivity index (χ4v) is 2.07. The van der Waals surface area contributed by atoms with Crippen molar-refractivity contribution in [1.82, 2.24) is 4.98 Å². The molecule has 8 heteroatoms. The van der Waals surface area contributed by atoms with Crippen LogP contribution in [0.4, 0.5) is 24.8 Å². The number of nitrogens with one attached hydrogen (secondary N) is 2. The summed E-state index contributed by atoms with van der Waals surface area (Å²) in [5, 5.41) is 2.90. The maximum absolute atomic E-state index is 12.7. The number of hydrogen-bond donors (Lipinski definition) is 3. The van der Waals surface area contributed by atoms with Crippen molar-refractivity contribution in [3.8, 4) is 0 Å². The zero-order valence-electron chi connectivity index (χ0n) is 10.8. The van der Waals surface area contributed by atoms with Crippen molar-refractivity contribution in [1.29, 1.82) is 0 Å². The van der Waals surface area contributed by atoms with Crippen LogP contribution in [-0.4, -0.2) is 24.7 Å². The molecule has 0 aliphatic carbocycles. The first kappa shape index (κ1) is 14.9. The molecule has 1 aliphatic heterocycles. The van der Waals surface area contributed by atoms with Crippen LogP contribution < -0.4 is 16.6 Å². The number of rotatable bonds is 5. The van der Waals surface area contributed by atoms with Crippen molar-refractivity contribution >= 4 is 11.6 Å². The zero-order valence-corrected chi connectivity index (χ0v) is 10.8. The second kappa shape index (κ2) is 6.27. The second-order valence-corrected chi connectivity index (χ2v) is 4.71. The molecule has 1 aromatic heterocycles. The van der Waals surface area contributed by atoms with Crippen molar-refractivity contribution in [2.45, 2.75) is 19.0 Å². The minimum Gasteiger partial charge on any atom is -0.381 e. The monoisotopic (exact) mass is 290 g/mol. The highest BCUT2D eigenvalue weighted by molar-refractivity contribution is 5.49. The van der Waals surface area contributed by atoms with E-state index in [2.05, 4.69) is 15.7 Å². The predicted molar refractivity (Wildman–Crippen MR) is 69.1 cm³/mol. The third kappa shape index (κ3) is 3.97. The van der Waals surface area contributed by atoms with E-state index in [0.717, 1.165) is 31.6 Å². The Morgan fingerprint density at radius 2 is 2.10 bits per heavy atom. The maximum Gasteiger partial charge on any atom is 0.416 e. The van der Waals surface area contributed by atoms with E-state index in [9.17, 15) is 13.2 Å². The van der Waals surface area contributed by atoms with Gasteiger partial charge in [-0.1, -0.05) is 0 Å². The number of nitrogens with two attached hydrogens (primary N) is 1. The van der Waals surface area contributed by atoms with Gasteiger partial charge in [-0.2, -0.15) is 13.2 Å². The summed E-state index contributed by atoms with van der Waals surface area (Å²) in [6.45, 7) is 2.02. The molecule has 0 radical (unpaired) electrons. The van der Waals surface area contributed by atoms with Crippen molar-refractivity contribution in [3.63, 3.8) is 0 Å². The third-order valence-electron chi connectivity index (χ3n) is 3.18. The lowest BCUT2D eigenvalue weighted by Crippen LogP contribution is -2.15. The Hall–Kier alpha value is -1.54. The Labute approximate surface area is 114 Å². The van der Waals surface area contributed by atoms with Crippen LogP contribution in [0.2, 0.25) is 0 Å². The Kier molecular flexibility index (Phi) is 4.66. The van der Waals surface area contributed by atoms with Crippen molar-refractivity contribution < 1.29 is 17.9 Å². The molecule has 1 fully saturated rings. The second-order valence-electron chi connectivity index (χ2n) is 4.71. The molecule has 1 aromatic rings. The minimum absolute atomic E-state index is 0.0217. The molecule has 1 atom stereocenters. The van der Waals surface area contributed by atoms with Gasteiger partial charge < -0.3 is 15.5 Å². The molecule has 112 valence electrons. The molecule has 0 aromatic carbocycles. The highest BCUT2D eigenvalue weighted by Crippen LogP contribution is 2.31. The number of hydrogen-bond acceptors (Lipinski definition) is 5. The molecule has 5 nitrogen and oxygen atoms in total. The summed E-state index contributed by atoms with van der Waals surface area (Å²) in [5.41, 5.74) is 1.36. The van der Waals surface area contributed by atoms with E-state index >= 15 is 0 Å². The summed E-state index contributed by atoms with van der Waals surface area (Å²) in [5.74, 6) is 5.73. The minimum atomic E-state index is -4.43. The smallest absolute Gasteiger partial charge is 0.381 e. The topological polar surface area (TPSA) is 72.2 Å². The number of pyridine rings is 1. The maximum atomic E-state index is 12.7. The molecule has 2 rings (SSSR count). The Morgan fingerprint density at radius 3 is 2.70 bits per heavy atom. The quantitative estimate of drug-likeness (QED) is 0.573. The van der Waals surface area contributed by atoms with Crippen LogP contribution in [0, 0.1) is 5.92 Å². The van der Waals surface area contributed by atoms with Crippen LogP contribution in [0.25, 0.3) is 0 Å². The summed E-state index contributed by atoms with van der Waals surface area (Å²) in [4.78, 5) is 3.95. The van der Waals surface area contributed by atoms with E-state index in [1.807, 2.05) is 0 Å². The Morgan fingerprint density at radius 1 is 1.35 bits per heavy atom. The molecule has 0 spiro atoms. The normalized spacial score (nSPS) is 19.1. The Bertz CT molecular complexity index is 447.